The summed E-state index contributed by atoms with van der Waals surface area (Å²) in [6.07, 6.45) is 88.5. The molecule has 474 valence electrons. The minimum Gasteiger partial charge on any atom is -0.466 e. The van der Waals surface area contributed by atoms with Crippen LogP contribution in [-0.2, 0) is 14.3 Å². The molecule has 0 aromatic rings. The molecule has 80 heavy (non-hydrogen) atoms. The van der Waals surface area contributed by atoms with Crippen LogP contribution in [0.1, 0.15) is 412 Å². The number of rotatable bonds is 69. The minimum atomic E-state index is -0.841. The summed E-state index contributed by atoms with van der Waals surface area (Å²) in [6.45, 7) is 4.94. The first-order valence-electron chi connectivity index (χ1n) is 36.6. The Balaban J connectivity index is 3.33. The van der Waals surface area contributed by atoms with E-state index in [0.29, 0.717) is 19.4 Å². The van der Waals surface area contributed by atoms with Crippen LogP contribution in [0.2, 0.25) is 0 Å². The standard InChI is InChI=1S/C74H143NO5/c1-3-5-7-9-11-13-15-17-19-38-42-46-50-54-58-62-66-72(77)71(70-76)75-73(78)67-63-59-55-51-47-43-39-36-34-32-30-28-26-24-22-21-23-25-27-29-31-33-35-37-41-45-49-53-57-61-65-69-80-74(79)68-64-60-56-52-48-44-40-20-18-16-14-12-10-8-6-4-2/h20,40,62,66,71-72,76-77H,3-19,21-39,41-61,63-65,67-70H2,1-2H3,(H,75,78)/b40-20-,66-62+. The Bertz CT molecular complexity index is 1250. The van der Waals surface area contributed by atoms with E-state index in [9.17, 15) is 19.8 Å². The van der Waals surface area contributed by atoms with Gasteiger partial charge in [0, 0.05) is 12.8 Å². The van der Waals surface area contributed by atoms with Crippen molar-refractivity contribution in [1.29, 1.82) is 0 Å². The van der Waals surface area contributed by atoms with E-state index >= 15 is 0 Å². The van der Waals surface area contributed by atoms with Crippen LogP contribution >= 0.6 is 0 Å². The molecule has 0 saturated heterocycles. The molecule has 0 bridgehead atoms. The van der Waals surface area contributed by atoms with Crippen LogP contribution in [0, 0.1) is 0 Å². The summed E-state index contributed by atoms with van der Waals surface area (Å²) in [4.78, 5) is 24.6. The van der Waals surface area contributed by atoms with Gasteiger partial charge in [-0.2, -0.15) is 0 Å². The number of carbonyl (C=O) groups is 2. The highest BCUT2D eigenvalue weighted by Crippen LogP contribution is 2.19. The van der Waals surface area contributed by atoms with E-state index in [1.54, 1.807) is 6.08 Å². The van der Waals surface area contributed by atoms with Gasteiger partial charge in [0.2, 0.25) is 5.91 Å². The van der Waals surface area contributed by atoms with E-state index in [1.807, 2.05) is 6.08 Å². The normalized spacial score (nSPS) is 12.6. The van der Waals surface area contributed by atoms with Gasteiger partial charge in [-0.25, -0.2) is 0 Å². The van der Waals surface area contributed by atoms with Crippen LogP contribution in [0.4, 0.5) is 0 Å². The van der Waals surface area contributed by atoms with E-state index in [-0.39, 0.29) is 18.5 Å². The van der Waals surface area contributed by atoms with Crippen molar-refractivity contribution < 1.29 is 24.5 Å². The molecular weight excluding hydrogens is 983 g/mol. The molecule has 6 heteroatoms. The number of ether oxygens (including phenoxy) is 1. The highest BCUT2D eigenvalue weighted by Gasteiger charge is 2.18. The summed E-state index contributed by atoms with van der Waals surface area (Å²) in [5, 5.41) is 23.2. The van der Waals surface area contributed by atoms with Gasteiger partial charge in [0.25, 0.3) is 0 Å². The second-order valence-corrected chi connectivity index (χ2v) is 25.3. The highest BCUT2D eigenvalue weighted by molar-refractivity contribution is 5.76. The molecule has 0 aliphatic heterocycles. The number of amides is 1. The van der Waals surface area contributed by atoms with Gasteiger partial charge >= 0.3 is 5.97 Å². The maximum Gasteiger partial charge on any atom is 0.305 e. The van der Waals surface area contributed by atoms with Crippen LogP contribution < -0.4 is 5.32 Å². The number of aliphatic hydroxyl groups is 2. The minimum absolute atomic E-state index is 0.0137. The number of allylic oxidation sites excluding steroid dienone is 3. The lowest BCUT2D eigenvalue weighted by Crippen LogP contribution is -2.45. The molecule has 0 spiro atoms. The zero-order chi connectivity index (χ0) is 57.8. The van der Waals surface area contributed by atoms with E-state index < -0.39 is 12.1 Å². The van der Waals surface area contributed by atoms with Crippen LogP contribution in [0.25, 0.3) is 0 Å². The van der Waals surface area contributed by atoms with Gasteiger partial charge in [-0.1, -0.05) is 366 Å². The summed E-state index contributed by atoms with van der Waals surface area (Å²) in [5.74, 6) is -0.0470. The van der Waals surface area contributed by atoms with Gasteiger partial charge in [0.1, 0.15) is 0 Å². The van der Waals surface area contributed by atoms with Crippen molar-refractivity contribution >= 4 is 11.9 Å². The van der Waals surface area contributed by atoms with Crippen molar-refractivity contribution in [3.63, 3.8) is 0 Å². The van der Waals surface area contributed by atoms with Gasteiger partial charge in [0.15, 0.2) is 0 Å². The van der Waals surface area contributed by atoms with Crippen LogP contribution in [0.15, 0.2) is 24.3 Å². The number of nitrogens with one attached hydrogen (secondary N) is 1. The molecule has 0 saturated carbocycles. The van der Waals surface area contributed by atoms with Crippen molar-refractivity contribution in [1.82, 2.24) is 5.32 Å². The van der Waals surface area contributed by atoms with Crippen molar-refractivity contribution in [2.45, 2.75) is 424 Å². The number of aliphatic hydroxyl groups excluding tert-OH is 2. The molecular formula is C74H143NO5. The lowest BCUT2D eigenvalue weighted by atomic mass is 10.0. The molecule has 2 atom stereocenters. The molecule has 0 heterocycles. The predicted molar refractivity (Wildman–Crippen MR) is 352 cm³/mol. The van der Waals surface area contributed by atoms with Crippen LogP contribution in [0.3, 0.4) is 0 Å². The van der Waals surface area contributed by atoms with Gasteiger partial charge in [0.05, 0.1) is 25.4 Å². The molecule has 0 fully saturated rings. The molecule has 6 nitrogen and oxygen atoms in total. The van der Waals surface area contributed by atoms with E-state index in [4.69, 9.17) is 4.74 Å². The highest BCUT2D eigenvalue weighted by atomic mass is 16.5. The maximum absolute atomic E-state index is 12.5. The molecule has 3 N–H and O–H groups in total. The molecule has 0 aromatic heterocycles. The maximum atomic E-state index is 12.5. The molecule has 0 rings (SSSR count). The Labute approximate surface area is 501 Å². The van der Waals surface area contributed by atoms with Crippen molar-refractivity contribution in [2.24, 2.45) is 0 Å². The van der Waals surface area contributed by atoms with Crippen molar-refractivity contribution in [2.75, 3.05) is 13.2 Å². The SMILES string of the molecule is CCCCCCCCC/C=C\CCCCCCCC(=O)OCCCCCCCCCCCCCCCCCCCCCCCCCCCCCCCCCC(=O)NC(CO)C(O)/C=C/CCCCCCCCCCCCCCCC. The Hall–Kier alpha value is -1.66. The fraction of sp³-hybridized carbons (Fsp3) is 0.919. The van der Waals surface area contributed by atoms with Gasteiger partial charge in [-0.05, 0) is 57.8 Å². The first-order chi connectivity index (χ1) is 39.5. The fourth-order valence-corrected chi connectivity index (χ4v) is 11.6. The Morgan fingerprint density at radius 1 is 0.338 bits per heavy atom. The van der Waals surface area contributed by atoms with Crippen LogP contribution in [0.5, 0.6) is 0 Å². The molecule has 0 aromatic carbocycles. The molecule has 2 unspecified atom stereocenters. The van der Waals surface area contributed by atoms with Crippen molar-refractivity contribution in [3.05, 3.63) is 24.3 Å². The molecule has 0 radical (unpaired) electrons. The number of hydrogen-bond acceptors (Lipinski definition) is 5. The Morgan fingerprint density at radius 3 is 0.887 bits per heavy atom. The van der Waals surface area contributed by atoms with E-state index in [1.165, 1.54) is 340 Å². The second kappa shape index (κ2) is 69.8. The first-order valence-corrected chi connectivity index (χ1v) is 36.6. The molecule has 1 amide bonds. The summed E-state index contributed by atoms with van der Waals surface area (Å²) < 4.78 is 5.50. The quantitative estimate of drug-likeness (QED) is 0.0320. The zero-order valence-electron chi connectivity index (χ0n) is 54.3. The summed E-state index contributed by atoms with van der Waals surface area (Å²) >= 11 is 0. The van der Waals surface area contributed by atoms with Gasteiger partial charge in [-0.15, -0.1) is 0 Å². The third kappa shape index (κ3) is 65.5. The summed E-state index contributed by atoms with van der Waals surface area (Å²) in [6, 6.07) is -0.624. The van der Waals surface area contributed by atoms with Crippen molar-refractivity contribution in [3.8, 4) is 0 Å². The molecule has 0 aliphatic rings. The average molecular weight is 1130 g/mol. The monoisotopic (exact) mass is 1130 g/mol. The smallest absolute Gasteiger partial charge is 0.305 e. The fourth-order valence-electron chi connectivity index (χ4n) is 11.6. The topological polar surface area (TPSA) is 95.9 Å². The van der Waals surface area contributed by atoms with Gasteiger partial charge < -0.3 is 20.3 Å². The summed E-state index contributed by atoms with van der Waals surface area (Å²) in [5.41, 5.74) is 0. The Morgan fingerprint density at radius 2 is 0.588 bits per heavy atom. The number of hydrogen-bond donors (Lipinski definition) is 3. The van der Waals surface area contributed by atoms with Gasteiger partial charge in [-0.3, -0.25) is 9.59 Å². The first kappa shape index (κ1) is 78.3. The third-order valence-corrected chi connectivity index (χ3v) is 17.2. The predicted octanol–water partition coefficient (Wildman–Crippen LogP) is 23.7. The number of unbranched alkanes of at least 4 members (excludes halogenated alkanes) is 56. The average Bonchev–Trinajstić information content (AvgIpc) is 3.46. The number of esters is 1. The third-order valence-electron chi connectivity index (χ3n) is 17.2. The van der Waals surface area contributed by atoms with E-state index in [2.05, 4.69) is 31.3 Å². The second-order valence-electron chi connectivity index (χ2n) is 25.3. The summed E-state index contributed by atoms with van der Waals surface area (Å²) in [7, 11) is 0. The van der Waals surface area contributed by atoms with Crippen LogP contribution in [-0.4, -0.2) is 47.4 Å². The Kier molecular flexibility index (Phi) is 68.4. The number of carbonyl (C=O) groups excluding carboxylic acids is 2. The lowest BCUT2D eigenvalue weighted by Gasteiger charge is -2.20. The van der Waals surface area contributed by atoms with E-state index in [0.717, 1.165) is 44.9 Å². The largest absolute Gasteiger partial charge is 0.466 e. The lowest BCUT2D eigenvalue weighted by molar-refractivity contribution is -0.143. The zero-order valence-corrected chi connectivity index (χ0v) is 54.3. The molecule has 0 aliphatic carbocycles.